The van der Waals surface area contributed by atoms with Gasteiger partial charge >= 0.3 is 0 Å². The Morgan fingerprint density at radius 3 is 2.65 bits per heavy atom. The van der Waals surface area contributed by atoms with E-state index in [-0.39, 0.29) is 5.91 Å². The van der Waals surface area contributed by atoms with Crippen LogP contribution in [0.1, 0.15) is 18.9 Å². The van der Waals surface area contributed by atoms with Gasteiger partial charge in [0.1, 0.15) is 0 Å². The molecule has 1 unspecified atom stereocenters. The molecule has 0 aliphatic heterocycles. The van der Waals surface area contributed by atoms with E-state index in [2.05, 4.69) is 17.6 Å². The van der Waals surface area contributed by atoms with E-state index in [0.29, 0.717) is 32.2 Å². The van der Waals surface area contributed by atoms with Crippen LogP contribution in [0.4, 0.5) is 0 Å². The number of ether oxygens (including phenoxy) is 1. The van der Waals surface area contributed by atoms with Crippen LogP contribution in [-0.2, 0) is 16.0 Å². The van der Waals surface area contributed by atoms with Gasteiger partial charge in [0.15, 0.2) is 0 Å². The molecule has 0 spiro atoms. The van der Waals surface area contributed by atoms with Crippen molar-refractivity contribution in [3.05, 3.63) is 34.9 Å². The highest BCUT2D eigenvalue weighted by molar-refractivity contribution is 6.30. The quantitative estimate of drug-likeness (QED) is 0.686. The maximum Gasteiger partial charge on any atom is 0.221 e. The van der Waals surface area contributed by atoms with E-state index in [1.807, 2.05) is 24.3 Å². The Labute approximate surface area is 125 Å². The summed E-state index contributed by atoms with van der Waals surface area (Å²) in [6, 6.07) is 8.17. The van der Waals surface area contributed by atoms with Crippen LogP contribution in [0, 0.1) is 0 Å². The summed E-state index contributed by atoms with van der Waals surface area (Å²) in [4.78, 5) is 11.5. The second-order valence-electron chi connectivity index (χ2n) is 4.78. The van der Waals surface area contributed by atoms with Crippen LogP contribution in [0.2, 0.25) is 5.02 Å². The fourth-order valence-electron chi connectivity index (χ4n) is 1.86. The lowest BCUT2D eigenvalue weighted by molar-refractivity contribution is -0.121. The maximum atomic E-state index is 11.5. The van der Waals surface area contributed by atoms with E-state index < -0.39 is 0 Å². The van der Waals surface area contributed by atoms with E-state index in [1.54, 1.807) is 7.11 Å². The van der Waals surface area contributed by atoms with Crippen LogP contribution in [0.15, 0.2) is 24.3 Å². The number of halogens is 1. The van der Waals surface area contributed by atoms with Crippen molar-refractivity contribution < 1.29 is 9.53 Å². The molecule has 1 amide bonds. The minimum Gasteiger partial charge on any atom is -0.383 e. The zero-order valence-electron chi connectivity index (χ0n) is 12.1. The number of nitrogens with one attached hydrogen (secondary N) is 2. The molecule has 0 aliphatic rings. The topological polar surface area (TPSA) is 50.4 Å². The average Bonchev–Trinajstić information content (AvgIpc) is 2.42. The van der Waals surface area contributed by atoms with Crippen molar-refractivity contribution in [3.8, 4) is 0 Å². The molecule has 1 atom stereocenters. The molecule has 1 aromatic rings. The van der Waals surface area contributed by atoms with Crippen molar-refractivity contribution in [2.45, 2.75) is 25.8 Å². The molecule has 0 fully saturated rings. The molecule has 0 bridgehead atoms. The van der Waals surface area contributed by atoms with Gasteiger partial charge in [-0.1, -0.05) is 23.7 Å². The summed E-state index contributed by atoms with van der Waals surface area (Å²) in [6.07, 6.45) is 1.40. The zero-order chi connectivity index (χ0) is 14.8. The molecule has 0 aliphatic carbocycles. The minimum absolute atomic E-state index is 0.0493. The summed E-state index contributed by atoms with van der Waals surface area (Å²) in [7, 11) is 1.62. The Morgan fingerprint density at radius 1 is 1.30 bits per heavy atom. The molecule has 1 aromatic carbocycles. The molecular weight excluding hydrogens is 276 g/mol. The summed E-state index contributed by atoms with van der Waals surface area (Å²) in [5.74, 6) is 0.0493. The smallest absolute Gasteiger partial charge is 0.221 e. The van der Waals surface area contributed by atoms with Gasteiger partial charge in [-0.2, -0.15) is 0 Å². The van der Waals surface area contributed by atoms with Crippen molar-refractivity contribution in [2.24, 2.45) is 0 Å². The third kappa shape index (κ3) is 7.48. The molecule has 5 heteroatoms. The lowest BCUT2D eigenvalue weighted by Gasteiger charge is -2.14. The molecule has 0 saturated carbocycles. The van der Waals surface area contributed by atoms with Crippen molar-refractivity contribution in [1.29, 1.82) is 0 Å². The van der Waals surface area contributed by atoms with Crippen LogP contribution in [0.25, 0.3) is 0 Å². The fraction of sp³-hybridized carbons (Fsp3) is 0.533. The Kier molecular flexibility index (Phi) is 8.26. The second-order valence-corrected chi connectivity index (χ2v) is 5.21. The van der Waals surface area contributed by atoms with Gasteiger partial charge in [-0.25, -0.2) is 0 Å². The van der Waals surface area contributed by atoms with E-state index in [0.717, 1.165) is 11.4 Å². The Hall–Kier alpha value is -1.10. The van der Waals surface area contributed by atoms with E-state index in [4.69, 9.17) is 16.3 Å². The monoisotopic (exact) mass is 298 g/mol. The summed E-state index contributed by atoms with van der Waals surface area (Å²) in [5.41, 5.74) is 1.24. The van der Waals surface area contributed by atoms with Gasteiger partial charge in [0.2, 0.25) is 5.91 Å². The summed E-state index contributed by atoms with van der Waals surface area (Å²) < 4.78 is 4.87. The number of carbonyl (C=O) groups excluding carboxylic acids is 1. The standard InChI is InChI=1S/C15H23ClN2O2/c1-12(11-13-3-5-14(16)6-4-13)17-8-7-15(19)18-9-10-20-2/h3-6,12,17H,7-11H2,1-2H3,(H,18,19). The zero-order valence-corrected chi connectivity index (χ0v) is 12.9. The lowest BCUT2D eigenvalue weighted by atomic mass is 10.1. The second kappa shape index (κ2) is 9.75. The van der Waals surface area contributed by atoms with Crippen LogP contribution in [0.5, 0.6) is 0 Å². The first kappa shape index (κ1) is 17.0. The predicted octanol–water partition coefficient (Wildman–Crippen LogP) is 2.01. The molecule has 0 radical (unpaired) electrons. The van der Waals surface area contributed by atoms with Crippen molar-refractivity contribution in [2.75, 3.05) is 26.8 Å². The van der Waals surface area contributed by atoms with E-state index >= 15 is 0 Å². The van der Waals surface area contributed by atoms with Crippen molar-refractivity contribution in [1.82, 2.24) is 10.6 Å². The molecule has 0 saturated heterocycles. The van der Waals surface area contributed by atoms with Crippen LogP contribution in [-0.4, -0.2) is 38.8 Å². The Balaban J connectivity index is 2.15. The van der Waals surface area contributed by atoms with Crippen LogP contribution < -0.4 is 10.6 Å². The van der Waals surface area contributed by atoms with Crippen LogP contribution >= 0.6 is 11.6 Å². The minimum atomic E-state index is 0.0493. The van der Waals surface area contributed by atoms with Gasteiger partial charge in [0.25, 0.3) is 0 Å². The number of hydrogen-bond acceptors (Lipinski definition) is 3. The predicted molar refractivity (Wildman–Crippen MR) is 82.1 cm³/mol. The first-order valence-electron chi connectivity index (χ1n) is 6.85. The van der Waals surface area contributed by atoms with E-state index in [9.17, 15) is 4.79 Å². The largest absolute Gasteiger partial charge is 0.383 e. The van der Waals surface area contributed by atoms with Gasteiger partial charge in [-0.05, 0) is 31.0 Å². The number of carbonyl (C=O) groups is 1. The summed E-state index contributed by atoms with van der Waals surface area (Å²) in [5, 5.41) is 6.89. The molecule has 2 N–H and O–H groups in total. The number of rotatable bonds is 9. The van der Waals surface area contributed by atoms with Crippen molar-refractivity contribution in [3.63, 3.8) is 0 Å². The Morgan fingerprint density at radius 2 is 2.00 bits per heavy atom. The van der Waals surface area contributed by atoms with Gasteiger partial charge in [-0.15, -0.1) is 0 Å². The first-order chi connectivity index (χ1) is 9.61. The molecule has 1 rings (SSSR count). The number of amides is 1. The number of hydrogen-bond donors (Lipinski definition) is 2. The average molecular weight is 299 g/mol. The molecule has 4 nitrogen and oxygen atoms in total. The van der Waals surface area contributed by atoms with Crippen LogP contribution in [0.3, 0.4) is 0 Å². The molecule has 112 valence electrons. The number of benzene rings is 1. The highest BCUT2D eigenvalue weighted by atomic mass is 35.5. The van der Waals surface area contributed by atoms with Gasteiger partial charge < -0.3 is 15.4 Å². The van der Waals surface area contributed by atoms with Crippen molar-refractivity contribution >= 4 is 17.5 Å². The highest BCUT2D eigenvalue weighted by Gasteiger charge is 2.05. The molecule has 0 aromatic heterocycles. The van der Waals surface area contributed by atoms with Gasteiger partial charge in [-0.3, -0.25) is 4.79 Å². The van der Waals surface area contributed by atoms with Gasteiger partial charge in [0.05, 0.1) is 6.61 Å². The Bertz CT molecular complexity index is 395. The number of methoxy groups -OCH3 is 1. The summed E-state index contributed by atoms with van der Waals surface area (Å²) in [6.45, 7) is 3.90. The normalized spacial score (nSPS) is 12.2. The molecule has 0 heterocycles. The fourth-order valence-corrected chi connectivity index (χ4v) is 1.99. The molecular formula is C15H23ClN2O2. The molecule has 20 heavy (non-hydrogen) atoms. The summed E-state index contributed by atoms with van der Waals surface area (Å²) >= 11 is 5.85. The first-order valence-corrected chi connectivity index (χ1v) is 7.23. The third-order valence-electron chi connectivity index (χ3n) is 2.93. The lowest BCUT2D eigenvalue weighted by Crippen LogP contribution is -2.34. The van der Waals surface area contributed by atoms with Gasteiger partial charge in [0, 0.05) is 37.7 Å². The third-order valence-corrected chi connectivity index (χ3v) is 3.18. The highest BCUT2D eigenvalue weighted by Crippen LogP contribution is 2.10. The van der Waals surface area contributed by atoms with E-state index in [1.165, 1.54) is 5.56 Å². The SMILES string of the molecule is COCCNC(=O)CCNC(C)Cc1ccc(Cl)cc1. The maximum absolute atomic E-state index is 11.5.